The van der Waals surface area contributed by atoms with Crippen LogP contribution in [0.2, 0.25) is 0 Å². The van der Waals surface area contributed by atoms with Crippen LogP contribution in [0.1, 0.15) is 12.8 Å². The zero-order valence-corrected chi connectivity index (χ0v) is 16.3. The molecule has 2 saturated heterocycles. The number of piperazine rings is 1. The van der Waals surface area contributed by atoms with Gasteiger partial charge in [0.2, 0.25) is 5.95 Å². The Hall–Kier alpha value is -2.83. The Morgan fingerprint density at radius 2 is 1.71 bits per heavy atom. The molecule has 7 nitrogen and oxygen atoms in total. The number of piperidine rings is 1. The Bertz CT molecular complexity index is 757. The summed E-state index contributed by atoms with van der Waals surface area (Å²) in [6.45, 7) is 6.43. The lowest BCUT2D eigenvalue weighted by Gasteiger charge is -2.36. The number of benzene rings is 1. The van der Waals surface area contributed by atoms with E-state index in [0.29, 0.717) is 11.9 Å². The van der Waals surface area contributed by atoms with Crippen LogP contribution in [0.25, 0.3) is 0 Å². The van der Waals surface area contributed by atoms with E-state index < -0.39 is 0 Å². The summed E-state index contributed by atoms with van der Waals surface area (Å²) < 4.78 is 0. The Balaban J connectivity index is 1.28. The molecule has 1 unspecified atom stereocenters. The highest BCUT2D eigenvalue weighted by Gasteiger charge is 2.22. The number of hydrogen-bond donors (Lipinski definition) is 1. The minimum atomic E-state index is 0.562. The second-order valence-electron chi connectivity index (χ2n) is 7.51. The summed E-state index contributed by atoms with van der Waals surface area (Å²) in [4.78, 5) is 20.3. The van der Waals surface area contributed by atoms with Gasteiger partial charge in [-0.05, 0) is 37.0 Å². The maximum absolute atomic E-state index is 6.31. The molecule has 0 bridgehead atoms. The molecule has 148 valence electrons. The molecular formula is C21H29N7. The number of aromatic nitrogens is 2. The first-order valence-electron chi connectivity index (χ1n) is 10.2. The first kappa shape index (κ1) is 18.5. The average Bonchev–Trinajstić information content (AvgIpc) is 2.79. The van der Waals surface area contributed by atoms with Gasteiger partial charge >= 0.3 is 0 Å². The van der Waals surface area contributed by atoms with Gasteiger partial charge in [-0.2, -0.15) is 0 Å². The van der Waals surface area contributed by atoms with E-state index in [9.17, 15) is 0 Å². The van der Waals surface area contributed by atoms with Crippen LogP contribution in [0.4, 0.5) is 11.6 Å². The van der Waals surface area contributed by atoms with E-state index in [1.165, 1.54) is 18.5 Å². The molecular weight excluding hydrogens is 350 g/mol. The molecule has 0 saturated carbocycles. The Morgan fingerprint density at radius 1 is 0.964 bits per heavy atom. The maximum Gasteiger partial charge on any atom is 0.225 e. The minimum absolute atomic E-state index is 0.562. The third kappa shape index (κ3) is 4.52. The smallest absolute Gasteiger partial charge is 0.225 e. The molecule has 0 radical (unpaired) electrons. The predicted molar refractivity (Wildman–Crippen MR) is 114 cm³/mol. The van der Waals surface area contributed by atoms with Crippen LogP contribution in [-0.4, -0.2) is 66.6 Å². The van der Waals surface area contributed by atoms with Gasteiger partial charge in [-0.3, -0.25) is 4.99 Å². The van der Waals surface area contributed by atoms with Crippen LogP contribution in [0.3, 0.4) is 0 Å². The van der Waals surface area contributed by atoms with Crippen LogP contribution in [0.5, 0.6) is 0 Å². The van der Waals surface area contributed by atoms with Crippen LogP contribution in [0.15, 0.2) is 53.8 Å². The lowest BCUT2D eigenvalue weighted by atomic mass is 9.97. The van der Waals surface area contributed by atoms with Crippen molar-refractivity contribution in [1.29, 1.82) is 0 Å². The van der Waals surface area contributed by atoms with E-state index in [4.69, 9.17) is 10.7 Å². The fourth-order valence-electron chi connectivity index (χ4n) is 4.00. The van der Waals surface area contributed by atoms with Gasteiger partial charge in [0.25, 0.3) is 0 Å². The number of hydrogen-bond acceptors (Lipinski definition) is 5. The van der Waals surface area contributed by atoms with Gasteiger partial charge in [-0.1, -0.05) is 18.2 Å². The molecule has 7 heteroatoms. The van der Waals surface area contributed by atoms with E-state index in [-0.39, 0.29) is 0 Å². The summed E-state index contributed by atoms with van der Waals surface area (Å²) in [5, 5.41) is 0. The van der Waals surface area contributed by atoms with E-state index >= 15 is 0 Å². The SMILES string of the molecule is NC(=NCC1CCCN(c2ccccc2)C1)N1CCN(c2ncccn2)CC1. The molecule has 0 aliphatic carbocycles. The van der Waals surface area contributed by atoms with E-state index in [1.54, 1.807) is 12.4 Å². The van der Waals surface area contributed by atoms with E-state index in [1.807, 2.05) is 6.07 Å². The van der Waals surface area contributed by atoms with Crippen LogP contribution >= 0.6 is 0 Å². The molecule has 28 heavy (non-hydrogen) atoms. The topological polar surface area (TPSA) is 73.9 Å². The highest BCUT2D eigenvalue weighted by atomic mass is 15.4. The number of anilines is 2. The molecule has 1 atom stereocenters. The number of para-hydroxylation sites is 1. The van der Waals surface area contributed by atoms with Crippen LogP contribution < -0.4 is 15.5 Å². The van der Waals surface area contributed by atoms with Gasteiger partial charge in [0.1, 0.15) is 0 Å². The van der Waals surface area contributed by atoms with Gasteiger partial charge < -0.3 is 20.4 Å². The molecule has 2 aliphatic heterocycles. The Kier molecular flexibility index (Phi) is 5.89. The average molecular weight is 380 g/mol. The first-order chi connectivity index (χ1) is 13.8. The second-order valence-corrected chi connectivity index (χ2v) is 7.51. The fraction of sp³-hybridized carbons (Fsp3) is 0.476. The lowest BCUT2D eigenvalue weighted by molar-refractivity contribution is 0.373. The van der Waals surface area contributed by atoms with Crippen molar-refractivity contribution >= 4 is 17.6 Å². The normalized spacial score (nSPS) is 21.1. The third-order valence-corrected chi connectivity index (χ3v) is 5.59. The molecule has 1 aromatic carbocycles. The van der Waals surface area contributed by atoms with Gasteiger partial charge in [0, 0.05) is 63.9 Å². The summed E-state index contributed by atoms with van der Waals surface area (Å²) in [6.07, 6.45) is 6.00. The van der Waals surface area contributed by atoms with Gasteiger partial charge in [0.05, 0.1) is 0 Å². The summed E-state index contributed by atoms with van der Waals surface area (Å²) in [5.41, 5.74) is 7.62. The standard InChI is InChI=1S/C21H29N7/c22-20(26-12-14-27(15-13-26)21-23-9-5-10-24-21)25-16-18-6-4-11-28(17-18)19-7-2-1-3-8-19/h1-3,5,7-10,18H,4,6,11-17H2,(H2,22,25). The number of rotatable bonds is 4. The zero-order chi connectivity index (χ0) is 19.2. The summed E-state index contributed by atoms with van der Waals surface area (Å²) >= 11 is 0. The molecule has 2 N–H and O–H groups in total. The van der Waals surface area contributed by atoms with Crippen molar-refractivity contribution in [2.75, 3.05) is 55.6 Å². The maximum atomic E-state index is 6.31. The lowest BCUT2D eigenvalue weighted by Crippen LogP contribution is -2.51. The fourth-order valence-corrected chi connectivity index (χ4v) is 4.00. The van der Waals surface area contributed by atoms with Gasteiger partial charge in [-0.25, -0.2) is 9.97 Å². The first-order valence-corrected chi connectivity index (χ1v) is 10.2. The molecule has 0 spiro atoms. The highest BCUT2D eigenvalue weighted by Crippen LogP contribution is 2.23. The van der Waals surface area contributed by atoms with Gasteiger partial charge in [0.15, 0.2) is 5.96 Å². The van der Waals surface area contributed by atoms with E-state index in [0.717, 1.165) is 51.8 Å². The van der Waals surface area contributed by atoms with Crippen molar-refractivity contribution in [3.05, 3.63) is 48.8 Å². The third-order valence-electron chi connectivity index (χ3n) is 5.59. The molecule has 2 aromatic rings. The number of nitrogens with zero attached hydrogens (tertiary/aromatic N) is 6. The molecule has 4 rings (SSSR count). The van der Waals surface area contributed by atoms with Crippen molar-refractivity contribution in [3.63, 3.8) is 0 Å². The monoisotopic (exact) mass is 379 g/mol. The second kappa shape index (κ2) is 8.91. The Morgan fingerprint density at radius 3 is 2.46 bits per heavy atom. The molecule has 2 aliphatic rings. The van der Waals surface area contributed by atoms with Gasteiger partial charge in [-0.15, -0.1) is 0 Å². The highest BCUT2D eigenvalue weighted by molar-refractivity contribution is 5.78. The molecule has 3 heterocycles. The van der Waals surface area contributed by atoms with Crippen LogP contribution in [-0.2, 0) is 0 Å². The predicted octanol–water partition coefficient (Wildman–Crippen LogP) is 1.83. The molecule has 0 amide bonds. The summed E-state index contributed by atoms with van der Waals surface area (Å²) in [7, 11) is 0. The van der Waals surface area contributed by atoms with E-state index in [2.05, 4.69) is 55.0 Å². The minimum Gasteiger partial charge on any atom is -0.371 e. The largest absolute Gasteiger partial charge is 0.371 e. The van der Waals surface area contributed by atoms with Crippen molar-refractivity contribution in [2.45, 2.75) is 12.8 Å². The summed E-state index contributed by atoms with van der Waals surface area (Å²) in [6, 6.07) is 12.5. The zero-order valence-electron chi connectivity index (χ0n) is 16.3. The molecule has 2 fully saturated rings. The summed E-state index contributed by atoms with van der Waals surface area (Å²) in [5.74, 6) is 2.03. The van der Waals surface area contributed by atoms with Crippen molar-refractivity contribution in [2.24, 2.45) is 16.6 Å². The quantitative estimate of drug-likeness (QED) is 0.645. The Labute approximate surface area is 166 Å². The van der Waals surface area contributed by atoms with Crippen LogP contribution in [0, 0.1) is 5.92 Å². The number of aliphatic imine (C=N–C) groups is 1. The number of guanidine groups is 1. The van der Waals surface area contributed by atoms with Crippen molar-refractivity contribution < 1.29 is 0 Å². The van der Waals surface area contributed by atoms with Crippen molar-refractivity contribution in [1.82, 2.24) is 14.9 Å². The van der Waals surface area contributed by atoms with Crippen molar-refractivity contribution in [3.8, 4) is 0 Å². The number of nitrogens with two attached hydrogens (primary N) is 1. The molecule has 1 aromatic heterocycles.